The molecular weight excluding hydrogens is 378 g/mol. The minimum atomic E-state index is -4.39. The van der Waals surface area contributed by atoms with E-state index in [2.05, 4.69) is 10.1 Å². The van der Waals surface area contributed by atoms with Gasteiger partial charge in [0.25, 0.3) is 0 Å². The highest BCUT2D eigenvalue weighted by molar-refractivity contribution is 6.45. The summed E-state index contributed by atoms with van der Waals surface area (Å²) >= 11 is 17.9. The third-order valence-electron chi connectivity index (χ3n) is 2.79. The van der Waals surface area contributed by atoms with E-state index in [0.29, 0.717) is 0 Å². The van der Waals surface area contributed by atoms with Crippen LogP contribution in [0.15, 0.2) is 12.1 Å². The van der Waals surface area contributed by atoms with E-state index < -0.39 is 24.8 Å². The van der Waals surface area contributed by atoms with E-state index in [0.717, 1.165) is 4.68 Å². The normalized spacial score (nSPS) is 11.7. The van der Waals surface area contributed by atoms with E-state index in [-0.39, 0.29) is 32.1 Å². The number of aromatic nitrogens is 3. The molecule has 23 heavy (non-hydrogen) atoms. The minimum Gasteiger partial charge on any atom is -0.382 e. The monoisotopic (exact) mass is 385 g/mol. The van der Waals surface area contributed by atoms with Crippen LogP contribution in [-0.2, 0) is 6.54 Å². The van der Waals surface area contributed by atoms with Crippen LogP contribution in [0.5, 0.6) is 0 Å². The van der Waals surface area contributed by atoms with Crippen LogP contribution in [0.1, 0.15) is 6.42 Å². The molecule has 0 radical (unpaired) electrons. The van der Waals surface area contributed by atoms with Crippen LogP contribution < -0.4 is 11.4 Å². The van der Waals surface area contributed by atoms with Gasteiger partial charge in [-0.25, -0.2) is 4.68 Å². The zero-order valence-corrected chi connectivity index (χ0v) is 13.5. The fraction of sp³-hybridized carbons (Fsp3) is 0.250. The maximum Gasteiger partial charge on any atom is 0.390 e. The summed E-state index contributed by atoms with van der Waals surface area (Å²) in [5.74, 6) is -0.168. The number of anilines is 1. The number of nitrogens with two attached hydrogens (primary N) is 1. The van der Waals surface area contributed by atoms with Crippen LogP contribution in [0, 0.1) is 5.41 Å². The first-order chi connectivity index (χ1) is 10.6. The number of nitrogens with zero attached hydrogens (tertiary/aromatic N) is 3. The van der Waals surface area contributed by atoms with Gasteiger partial charge < -0.3 is 5.73 Å². The first-order valence-electron chi connectivity index (χ1n) is 6.09. The molecule has 5 nitrogen and oxygen atoms in total. The lowest BCUT2D eigenvalue weighted by Gasteiger charge is -2.13. The molecule has 2 aromatic rings. The van der Waals surface area contributed by atoms with Gasteiger partial charge in [0.05, 0.1) is 23.0 Å². The van der Waals surface area contributed by atoms with Crippen molar-refractivity contribution in [1.29, 1.82) is 5.41 Å². The molecule has 11 heteroatoms. The Balaban J connectivity index is 2.54. The van der Waals surface area contributed by atoms with Gasteiger partial charge in [-0.15, -0.1) is 0 Å². The third-order valence-corrected chi connectivity index (χ3v) is 3.81. The summed E-state index contributed by atoms with van der Waals surface area (Å²) in [4.78, 5) is 3.68. The molecule has 0 amide bonds. The molecule has 0 atom stereocenters. The molecule has 0 saturated heterocycles. The van der Waals surface area contributed by atoms with Crippen LogP contribution >= 0.6 is 34.8 Å². The number of hydrogen-bond acceptors (Lipinski definition) is 4. The summed E-state index contributed by atoms with van der Waals surface area (Å²) in [5.41, 5.74) is 5.41. The lowest BCUT2D eigenvalue weighted by molar-refractivity contribution is -0.137. The lowest BCUT2D eigenvalue weighted by Crippen LogP contribution is -2.29. The molecule has 0 spiro atoms. The van der Waals surface area contributed by atoms with Gasteiger partial charge in [-0.05, 0) is 12.1 Å². The molecular formula is C12H9Cl3F3N5. The number of nitrogen functional groups attached to an aromatic ring is 1. The average molecular weight is 387 g/mol. The van der Waals surface area contributed by atoms with Gasteiger partial charge in [-0.3, -0.25) is 5.41 Å². The average Bonchev–Trinajstić information content (AvgIpc) is 2.41. The molecule has 0 aliphatic carbocycles. The molecule has 2 rings (SSSR count). The van der Waals surface area contributed by atoms with Gasteiger partial charge in [0.2, 0.25) is 5.62 Å². The van der Waals surface area contributed by atoms with Gasteiger partial charge in [0.15, 0.2) is 5.82 Å². The fourth-order valence-corrected chi connectivity index (χ4v) is 2.44. The number of nitrogens with one attached hydrogen (secondary N) is 1. The Morgan fingerprint density at radius 3 is 2.48 bits per heavy atom. The molecule has 0 bridgehead atoms. The second-order valence-electron chi connectivity index (χ2n) is 4.51. The maximum atomic E-state index is 12.3. The number of hydrogen-bond donors (Lipinski definition) is 2. The Morgan fingerprint density at radius 1 is 1.22 bits per heavy atom. The lowest BCUT2D eigenvalue weighted by atomic mass is 10.1. The first-order valence-corrected chi connectivity index (χ1v) is 7.23. The number of rotatable bonds is 3. The molecule has 1 heterocycles. The van der Waals surface area contributed by atoms with Crippen molar-refractivity contribution < 1.29 is 13.2 Å². The largest absolute Gasteiger partial charge is 0.390 e. The molecule has 0 saturated carbocycles. The van der Waals surface area contributed by atoms with E-state index in [9.17, 15) is 13.2 Å². The topological polar surface area (TPSA) is 80.6 Å². The van der Waals surface area contributed by atoms with Gasteiger partial charge >= 0.3 is 6.18 Å². The highest BCUT2D eigenvalue weighted by atomic mass is 35.5. The number of halogens is 6. The zero-order valence-electron chi connectivity index (χ0n) is 11.3. The maximum absolute atomic E-state index is 12.3. The molecule has 124 valence electrons. The summed E-state index contributed by atoms with van der Waals surface area (Å²) in [6.45, 7) is -0.575. The second kappa shape index (κ2) is 6.54. The van der Waals surface area contributed by atoms with Crippen molar-refractivity contribution in [3.63, 3.8) is 0 Å². The number of aryl methyl sites for hydroxylation is 1. The molecule has 0 aliphatic heterocycles. The van der Waals surface area contributed by atoms with Crippen molar-refractivity contribution in [2.75, 3.05) is 5.73 Å². The molecule has 1 aromatic heterocycles. The summed E-state index contributed by atoms with van der Waals surface area (Å²) in [6.07, 6.45) is -5.55. The predicted octanol–water partition coefficient (Wildman–Crippen LogP) is 3.92. The third kappa shape index (κ3) is 4.27. The van der Waals surface area contributed by atoms with Crippen LogP contribution in [0.25, 0.3) is 11.3 Å². The second-order valence-corrected chi connectivity index (χ2v) is 5.73. The van der Waals surface area contributed by atoms with E-state index in [4.69, 9.17) is 45.9 Å². The molecule has 3 N–H and O–H groups in total. The van der Waals surface area contributed by atoms with E-state index in [1.54, 1.807) is 0 Å². The Bertz CT molecular complexity index is 804. The highest BCUT2D eigenvalue weighted by Crippen LogP contribution is 2.36. The minimum absolute atomic E-state index is 0.00225. The summed E-state index contributed by atoms with van der Waals surface area (Å²) in [6, 6.07) is 2.81. The van der Waals surface area contributed by atoms with Gasteiger partial charge in [-0.1, -0.05) is 34.8 Å². The SMILES string of the molecule is N=c1nc(N)c(-c2cc(Cl)cc(Cl)c2Cl)nn1CCC(F)(F)F. The molecule has 0 aliphatic rings. The fourth-order valence-electron chi connectivity index (χ4n) is 1.75. The Hall–Kier alpha value is -1.51. The van der Waals surface area contributed by atoms with Gasteiger partial charge in [0, 0.05) is 10.6 Å². The first kappa shape index (κ1) is 17.8. The summed E-state index contributed by atoms with van der Waals surface area (Å²) < 4.78 is 37.8. The van der Waals surface area contributed by atoms with Crippen molar-refractivity contribution in [3.8, 4) is 11.3 Å². The van der Waals surface area contributed by atoms with Crippen molar-refractivity contribution in [1.82, 2.24) is 14.8 Å². The molecule has 0 unspecified atom stereocenters. The van der Waals surface area contributed by atoms with Gasteiger partial charge in [0.1, 0.15) is 5.69 Å². The van der Waals surface area contributed by atoms with Crippen molar-refractivity contribution in [3.05, 3.63) is 32.8 Å². The Labute approximate surface area is 143 Å². The Morgan fingerprint density at radius 2 is 1.87 bits per heavy atom. The van der Waals surface area contributed by atoms with Gasteiger partial charge in [-0.2, -0.15) is 23.3 Å². The standard InChI is InChI=1S/C12H9Cl3F3N5/c13-5-3-6(8(15)7(14)4-5)9-10(19)21-11(20)23(22-9)2-1-12(16,17)18/h3-4H,1-2H2,(H3,19,20,21). The zero-order chi connectivity index (χ0) is 17.4. The van der Waals surface area contributed by atoms with E-state index >= 15 is 0 Å². The summed E-state index contributed by atoms with van der Waals surface area (Å²) in [5, 5.41) is 12.0. The predicted molar refractivity (Wildman–Crippen MR) is 81.4 cm³/mol. The van der Waals surface area contributed by atoms with Crippen molar-refractivity contribution in [2.24, 2.45) is 0 Å². The number of alkyl halides is 3. The summed E-state index contributed by atoms with van der Waals surface area (Å²) in [7, 11) is 0. The highest BCUT2D eigenvalue weighted by Gasteiger charge is 2.27. The van der Waals surface area contributed by atoms with E-state index in [1.165, 1.54) is 12.1 Å². The number of benzene rings is 1. The smallest absolute Gasteiger partial charge is 0.382 e. The molecule has 1 aromatic carbocycles. The van der Waals surface area contributed by atoms with Crippen LogP contribution in [0.3, 0.4) is 0 Å². The van der Waals surface area contributed by atoms with Crippen LogP contribution in [-0.4, -0.2) is 20.9 Å². The van der Waals surface area contributed by atoms with Crippen LogP contribution in [0.4, 0.5) is 19.0 Å². The Kier molecular flexibility index (Phi) is 5.07. The molecule has 0 fully saturated rings. The quantitative estimate of drug-likeness (QED) is 0.785. The van der Waals surface area contributed by atoms with Crippen molar-refractivity contribution in [2.45, 2.75) is 19.1 Å². The van der Waals surface area contributed by atoms with Crippen LogP contribution in [0.2, 0.25) is 15.1 Å². The van der Waals surface area contributed by atoms with Crippen molar-refractivity contribution >= 4 is 40.6 Å². The van der Waals surface area contributed by atoms with E-state index in [1.807, 2.05) is 0 Å².